The first kappa shape index (κ1) is 13.9. The Labute approximate surface area is 126 Å². The zero-order valence-corrected chi connectivity index (χ0v) is 11.6. The second kappa shape index (κ2) is 6.17. The summed E-state index contributed by atoms with van der Waals surface area (Å²) in [6.07, 6.45) is 1.54. The van der Waals surface area contributed by atoms with Gasteiger partial charge in [0.05, 0.1) is 6.54 Å². The van der Waals surface area contributed by atoms with Gasteiger partial charge in [0, 0.05) is 5.56 Å². The Morgan fingerprint density at radius 3 is 2.73 bits per heavy atom. The van der Waals surface area contributed by atoms with E-state index < -0.39 is 11.7 Å². The number of anilines is 1. The highest BCUT2D eigenvalue weighted by Gasteiger charge is 2.11. The van der Waals surface area contributed by atoms with Gasteiger partial charge in [-0.3, -0.25) is 14.7 Å². The summed E-state index contributed by atoms with van der Waals surface area (Å²) in [5, 5.41) is 10.3. The maximum atomic E-state index is 13.2. The van der Waals surface area contributed by atoms with Crippen LogP contribution in [0, 0.1) is 5.82 Å². The fourth-order valence-electron chi connectivity index (χ4n) is 2.05. The Balaban J connectivity index is 1.76. The van der Waals surface area contributed by atoms with Gasteiger partial charge in [0.2, 0.25) is 5.95 Å². The Hall–Kier alpha value is -3.02. The number of rotatable bonds is 4. The van der Waals surface area contributed by atoms with E-state index in [9.17, 15) is 9.18 Å². The van der Waals surface area contributed by atoms with Gasteiger partial charge in [-0.05, 0) is 23.8 Å². The molecule has 0 bridgehead atoms. The number of carbonyl (C=O) groups is 1. The number of carbonyl (C=O) groups excluding carboxylic acids is 1. The molecule has 0 saturated carbocycles. The van der Waals surface area contributed by atoms with Gasteiger partial charge in [-0.25, -0.2) is 4.39 Å². The Kier molecular flexibility index (Phi) is 3.91. The van der Waals surface area contributed by atoms with Crippen LogP contribution in [0.4, 0.5) is 10.3 Å². The highest BCUT2D eigenvalue weighted by molar-refractivity contribution is 6.03. The summed E-state index contributed by atoms with van der Waals surface area (Å²) in [5.41, 5.74) is 1.29. The summed E-state index contributed by atoms with van der Waals surface area (Å²) in [5.74, 6) is -0.571. The second-order valence-corrected chi connectivity index (χ2v) is 4.73. The quantitative estimate of drug-likeness (QED) is 0.805. The van der Waals surface area contributed by atoms with Crippen LogP contribution >= 0.6 is 0 Å². The third-order valence-electron chi connectivity index (χ3n) is 3.12. The van der Waals surface area contributed by atoms with Crippen molar-refractivity contribution < 1.29 is 9.18 Å². The number of hydrogen-bond acceptors (Lipinski definition) is 3. The van der Waals surface area contributed by atoms with Crippen molar-refractivity contribution in [3.63, 3.8) is 0 Å². The largest absolute Gasteiger partial charge is 0.295 e. The SMILES string of the molecule is O=C(Nc1nncn1Cc1ccccc1)c1cccc(F)c1. The molecule has 110 valence electrons. The molecular weight excluding hydrogens is 283 g/mol. The van der Waals surface area contributed by atoms with Crippen LogP contribution in [0.5, 0.6) is 0 Å². The Morgan fingerprint density at radius 2 is 1.95 bits per heavy atom. The number of halogens is 1. The minimum Gasteiger partial charge on any atom is -0.295 e. The van der Waals surface area contributed by atoms with Gasteiger partial charge < -0.3 is 0 Å². The third-order valence-corrected chi connectivity index (χ3v) is 3.12. The highest BCUT2D eigenvalue weighted by Crippen LogP contribution is 2.10. The maximum Gasteiger partial charge on any atom is 0.258 e. The molecular formula is C16H13FN4O. The van der Waals surface area contributed by atoms with E-state index in [0.717, 1.165) is 5.56 Å². The first-order valence-electron chi connectivity index (χ1n) is 6.71. The van der Waals surface area contributed by atoms with Crippen LogP contribution in [0.25, 0.3) is 0 Å². The molecule has 0 aliphatic rings. The molecule has 0 spiro atoms. The summed E-state index contributed by atoms with van der Waals surface area (Å²) >= 11 is 0. The van der Waals surface area contributed by atoms with Crippen molar-refractivity contribution in [2.75, 3.05) is 5.32 Å². The summed E-state index contributed by atoms with van der Waals surface area (Å²) in [7, 11) is 0. The average molecular weight is 296 g/mol. The van der Waals surface area contributed by atoms with Crippen molar-refractivity contribution in [3.8, 4) is 0 Å². The lowest BCUT2D eigenvalue weighted by Crippen LogP contribution is -2.16. The van der Waals surface area contributed by atoms with Gasteiger partial charge in [-0.15, -0.1) is 10.2 Å². The molecule has 0 unspecified atom stereocenters. The van der Waals surface area contributed by atoms with Crippen LogP contribution in [0.15, 0.2) is 60.9 Å². The smallest absolute Gasteiger partial charge is 0.258 e. The first-order valence-corrected chi connectivity index (χ1v) is 6.71. The minimum absolute atomic E-state index is 0.231. The van der Waals surface area contributed by atoms with Crippen molar-refractivity contribution in [3.05, 3.63) is 77.9 Å². The fourth-order valence-corrected chi connectivity index (χ4v) is 2.05. The molecule has 0 atom stereocenters. The molecule has 0 radical (unpaired) electrons. The van der Waals surface area contributed by atoms with E-state index in [2.05, 4.69) is 15.5 Å². The molecule has 1 amide bonds. The van der Waals surface area contributed by atoms with Gasteiger partial charge in [-0.2, -0.15) is 0 Å². The molecule has 1 aromatic heterocycles. The Morgan fingerprint density at radius 1 is 1.14 bits per heavy atom. The fraction of sp³-hybridized carbons (Fsp3) is 0.0625. The van der Waals surface area contributed by atoms with Crippen LogP contribution in [0.2, 0.25) is 0 Å². The van der Waals surface area contributed by atoms with Crippen LogP contribution in [-0.2, 0) is 6.54 Å². The lowest BCUT2D eigenvalue weighted by atomic mass is 10.2. The molecule has 22 heavy (non-hydrogen) atoms. The standard InChI is InChI=1S/C16H13FN4O/c17-14-8-4-7-13(9-14)15(22)19-16-20-18-11-21(16)10-12-5-2-1-3-6-12/h1-9,11H,10H2,(H,19,20,22). The molecule has 1 N–H and O–H groups in total. The highest BCUT2D eigenvalue weighted by atomic mass is 19.1. The van der Waals surface area contributed by atoms with Crippen LogP contribution in [0.1, 0.15) is 15.9 Å². The zero-order valence-electron chi connectivity index (χ0n) is 11.6. The number of benzene rings is 2. The second-order valence-electron chi connectivity index (χ2n) is 4.73. The van der Waals surface area contributed by atoms with Crippen LogP contribution in [0.3, 0.4) is 0 Å². The normalized spacial score (nSPS) is 10.4. The van der Waals surface area contributed by atoms with E-state index in [1.165, 1.54) is 30.6 Å². The molecule has 3 rings (SSSR count). The van der Waals surface area contributed by atoms with Gasteiger partial charge in [0.1, 0.15) is 12.1 Å². The van der Waals surface area contributed by atoms with Crippen LogP contribution in [-0.4, -0.2) is 20.7 Å². The van der Waals surface area contributed by atoms with Crippen molar-refractivity contribution in [1.82, 2.24) is 14.8 Å². The number of nitrogens with zero attached hydrogens (tertiary/aromatic N) is 3. The maximum absolute atomic E-state index is 13.2. The first-order chi connectivity index (χ1) is 10.7. The summed E-state index contributed by atoms with van der Waals surface area (Å²) in [4.78, 5) is 12.1. The summed E-state index contributed by atoms with van der Waals surface area (Å²) in [6.45, 7) is 0.534. The van der Waals surface area contributed by atoms with Gasteiger partial charge >= 0.3 is 0 Å². The predicted octanol–water partition coefficient (Wildman–Crippen LogP) is 2.72. The predicted molar refractivity (Wildman–Crippen MR) is 79.9 cm³/mol. The lowest BCUT2D eigenvalue weighted by molar-refractivity contribution is 0.102. The monoisotopic (exact) mass is 296 g/mol. The van der Waals surface area contributed by atoms with E-state index >= 15 is 0 Å². The van der Waals surface area contributed by atoms with Gasteiger partial charge in [0.15, 0.2) is 0 Å². The van der Waals surface area contributed by atoms with E-state index in [4.69, 9.17) is 0 Å². The van der Waals surface area contributed by atoms with Crippen molar-refractivity contribution >= 4 is 11.9 Å². The number of hydrogen-bond donors (Lipinski definition) is 1. The van der Waals surface area contributed by atoms with E-state index in [0.29, 0.717) is 12.5 Å². The third kappa shape index (κ3) is 3.17. The number of amides is 1. The summed E-state index contributed by atoms with van der Waals surface area (Å²) < 4.78 is 14.9. The zero-order chi connectivity index (χ0) is 15.4. The molecule has 0 fully saturated rings. The molecule has 0 saturated heterocycles. The van der Waals surface area contributed by atoms with Crippen molar-refractivity contribution in [2.24, 2.45) is 0 Å². The average Bonchev–Trinajstić information content (AvgIpc) is 2.95. The molecule has 0 aliphatic heterocycles. The van der Waals surface area contributed by atoms with Gasteiger partial charge in [0.25, 0.3) is 5.91 Å². The Bertz CT molecular complexity index is 786. The minimum atomic E-state index is -0.460. The van der Waals surface area contributed by atoms with Crippen molar-refractivity contribution in [1.29, 1.82) is 0 Å². The molecule has 3 aromatic rings. The lowest BCUT2D eigenvalue weighted by Gasteiger charge is -2.08. The molecule has 1 heterocycles. The molecule has 5 nitrogen and oxygen atoms in total. The van der Waals surface area contributed by atoms with E-state index in [1.54, 1.807) is 4.57 Å². The molecule has 6 heteroatoms. The topological polar surface area (TPSA) is 59.8 Å². The number of aromatic nitrogens is 3. The van der Waals surface area contributed by atoms with Gasteiger partial charge in [-0.1, -0.05) is 36.4 Å². The van der Waals surface area contributed by atoms with E-state index in [-0.39, 0.29) is 5.56 Å². The van der Waals surface area contributed by atoms with Crippen molar-refractivity contribution in [2.45, 2.75) is 6.54 Å². The summed E-state index contributed by atoms with van der Waals surface area (Å²) in [6, 6.07) is 15.2. The number of nitrogens with one attached hydrogen (secondary N) is 1. The molecule has 0 aliphatic carbocycles. The van der Waals surface area contributed by atoms with E-state index in [1.807, 2.05) is 30.3 Å². The van der Waals surface area contributed by atoms with Crippen LogP contribution < -0.4 is 5.32 Å². The molecule has 2 aromatic carbocycles.